The summed E-state index contributed by atoms with van der Waals surface area (Å²) in [5.74, 6) is 0.801. The van der Waals surface area contributed by atoms with E-state index in [9.17, 15) is 0 Å². The molecule has 0 radical (unpaired) electrons. The van der Waals surface area contributed by atoms with Crippen LogP contribution >= 0.6 is 11.6 Å². The predicted molar refractivity (Wildman–Crippen MR) is 85.7 cm³/mol. The molecule has 0 saturated heterocycles. The summed E-state index contributed by atoms with van der Waals surface area (Å²) < 4.78 is 5.44. The third-order valence-corrected chi connectivity index (χ3v) is 4.04. The second-order valence-electron chi connectivity index (χ2n) is 4.93. The molecule has 3 heteroatoms. The first-order chi connectivity index (χ1) is 9.56. The molecule has 2 aromatic carbocycles. The fourth-order valence-electron chi connectivity index (χ4n) is 2.18. The first kappa shape index (κ1) is 14.9. The topological polar surface area (TPSA) is 21.3 Å². The van der Waals surface area contributed by atoms with Gasteiger partial charge in [0.15, 0.2) is 0 Å². The van der Waals surface area contributed by atoms with Crippen molar-refractivity contribution in [3.05, 3.63) is 52.5 Å². The normalized spacial score (nSPS) is 12.2. The molecular weight excluding hydrogens is 270 g/mol. The fourth-order valence-corrected chi connectivity index (χ4v) is 2.33. The van der Waals surface area contributed by atoms with Gasteiger partial charge >= 0.3 is 0 Å². The number of hydrogen-bond donors (Lipinski definition) is 1. The fraction of sp³-hybridized carbons (Fsp3) is 0.294. The molecule has 106 valence electrons. The molecule has 0 amide bonds. The average molecular weight is 290 g/mol. The molecule has 20 heavy (non-hydrogen) atoms. The van der Waals surface area contributed by atoms with Crippen LogP contribution in [0, 0.1) is 6.92 Å². The van der Waals surface area contributed by atoms with Crippen LogP contribution in [0.3, 0.4) is 0 Å². The summed E-state index contributed by atoms with van der Waals surface area (Å²) in [7, 11) is 3.63. The van der Waals surface area contributed by atoms with Gasteiger partial charge in [-0.15, -0.1) is 0 Å². The predicted octanol–water partition coefficient (Wildman–Crippen LogP) is 4.60. The van der Waals surface area contributed by atoms with Crippen LogP contribution in [0.4, 0.5) is 0 Å². The summed E-state index contributed by atoms with van der Waals surface area (Å²) in [6, 6.07) is 12.8. The van der Waals surface area contributed by atoms with E-state index in [0.29, 0.717) is 6.04 Å². The van der Waals surface area contributed by atoms with E-state index in [1.807, 2.05) is 20.0 Å². The Bertz CT molecular complexity index is 593. The standard InChI is InChI=1S/C17H20ClNO/c1-11-9-15(17(20-4)10-16(11)18)14-7-5-13(6-8-14)12(2)19-3/h5-10,12,19H,1-4H3. The number of nitrogens with one attached hydrogen (secondary N) is 1. The zero-order valence-electron chi connectivity index (χ0n) is 12.3. The molecule has 2 rings (SSSR count). The maximum atomic E-state index is 6.15. The van der Waals surface area contributed by atoms with Crippen molar-refractivity contribution in [2.45, 2.75) is 19.9 Å². The average Bonchev–Trinajstić information content (AvgIpc) is 2.49. The monoisotopic (exact) mass is 289 g/mol. The van der Waals surface area contributed by atoms with Gasteiger partial charge in [0.1, 0.15) is 5.75 Å². The van der Waals surface area contributed by atoms with E-state index in [-0.39, 0.29) is 0 Å². The Morgan fingerprint density at radius 2 is 1.80 bits per heavy atom. The summed E-state index contributed by atoms with van der Waals surface area (Å²) in [6.45, 7) is 4.14. The lowest BCUT2D eigenvalue weighted by atomic mass is 9.99. The highest BCUT2D eigenvalue weighted by Gasteiger charge is 2.10. The Labute approximate surface area is 125 Å². The van der Waals surface area contributed by atoms with E-state index < -0.39 is 0 Å². The van der Waals surface area contributed by atoms with E-state index in [4.69, 9.17) is 16.3 Å². The molecule has 2 nitrogen and oxygen atoms in total. The Morgan fingerprint density at radius 1 is 1.15 bits per heavy atom. The zero-order valence-corrected chi connectivity index (χ0v) is 13.1. The molecule has 0 fully saturated rings. The zero-order chi connectivity index (χ0) is 14.7. The molecule has 1 atom stereocenters. The van der Waals surface area contributed by atoms with Gasteiger partial charge in [-0.1, -0.05) is 35.9 Å². The van der Waals surface area contributed by atoms with Crippen LogP contribution in [-0.4, -0.2) is 14.2 Å². The third-order valence-electron chi connectivity index (χ3n) is 3.64. The van der Waals surface area contributed by atoms with Crippen LogP contribution in [0.15, 0.2) is 36.4 Å². The third kappa shape index (κ3) is 2.97. The summed E-state index contributed by atoms with van der Waals surface area (Å²) in [5, 5.41) is 3.97. The molecule has 0 spiro atoms. The molecule has 0 aliphatic rings. The lowest BCUT2D eigenvalue weighted by Crippen LogP contribution is -2.11. The van der Waals surface area contributed by atoms with Gasteiger partial charge in [-0.3, -0.25) is 0 Å². The quantitative estimate of drug-likeness (QED) is 0.888. The van der Waals surface area contributed by atoms with Gasteiger partial charge in [0.25, 0.3) is 0 Å². The van der Waals surface area contributed by atoms with Crippen molar-refractivity contribution in [1.82, 2.24) is 5.32 Å². The Balaban J connectivity index is 2.43. The minimum atomic E-state index is 0.345. The summed E-state index contributed by atoms with van der Waals surface area (Å²) in [4.78, 5) is 0. The molecule has 0 aliphatic carbocycles. The largest absolute Gasteiger partial charge is 0.496 e. The van der Waals surface area contributed by atoms with Crippen molar-refractivity contribution in [2.24, 2.45) is 0 Å². The number of ether oxygens (including phenoxy) is 1. The Kier molecular flexibility index (Phi) is 4.69. The van der Waals surface area contributed by atoms with E-state index in [0.717, 1.165) is 27.5 Å². The van der Waals surface area contributed by atoms with Crippen molar-refractivity contribution < 1.29 is 4.74 Å². The van der Waals surface area contributed by atoms with E-state index >= 15 is 0 Å². The van der Waals surface area contributed by atoms with Crippen molar-refractivity contribution in [2.75, 3.05) is 14.2 Å². The minimum Gasteiger partial charge on any atom is -0.496 e. The summed E-state index contributed by atoms with van der Waals surface area (Å²) >= 11 is 6.15. The molecule has 0 heterocycles. The maximum absolute atomic E-state index is 6.15. The van der Waals surface area contributed by atoms with E-state index in [1.54, 1.807) is 7.11 Å². The minimum absolute atomic E-state index is 0.345. The molecule has 0 saturated carbocycles. The summed E-state index contributed by atoms with van der Waals surface area (Å²) in [6.07, 6.45) is 0. The maximum Gasteiger partial charge on any atom is 0.128 e. The number of aryl methyl sites for hydroxylation is 1. The number of methoxy groups -OCH3 is 1. The van der Waals surface area contributed by atoms with E-state index in [2.05, 4.69) is 42.6 Å². The number of benzene rings is 2. The number of rotatable bonds is 4. The molecular formula is C17H20ClNO. The highest BCUT2D eigenvalue weighted by atomic mass is 35.5. The molecule has 0 aliphatic heterocycles. The number of halogens is 1. The van der Waals surface area contributed by atoms with Gasteiger partial charge in [-0.2, -0.15) is 0 Å². The van der Waals surface area contributed by atoms with Crippen LogP contribution in [0.1, 0.15) is 24.1 Å². The van der Waals surface area contributed by atoms with Crippen molar-refractivity contribution in [1.29, 1.82) is 0 Å². The summed E-state index contributed by atoms with van der Waals surface area (Å²) in [5.41, 5.74) is 4.52. The van der Waals surface area contributed by atoms with Gasteiger partial charge in [-0.25, -0.2) is 0 Å². The van der Waals surface area contributed by atoms with Gasteiger partial charge in [0.05, 0.1) is 7.11 Å². The lowest BCUT2D eigenvalue weighted by Gasteiger charge is -2.14. The molecule has 2 aromatic rings. The Hall–Kier alpha value is -1.51. The van der Waals surface area contributed by atoms with Crippen molar-refractivity contribution in [3.63, 3.8) is 0 Å². The first-order valence-electron chi connectivity index (χ1n) is 6.68. The molecule has 0 bridgehead atoms. The van der Waals surface area contributed by atoms with Gasteiger partial charge < -0.3 is 10.1 Å². The van der Waals surface area contributed by atoms with E-state index in [1.165, 1.54) is 5.56 Å². The smallest absolute Gasteiger partial charge is 0.128 e. The highest BCUT2D eigenvalue weighted by molar-refractivity contribution is 6.31. The molecule has 1 unspecified atom stereocenters. The van der Waals surface area contributed by atoms with Crippen LogP contribution < -0.4 is 10.1 Å². The SMILES string of the molecule is CNC(C)c1ccc(-c2cc(C)c(Cl)cc2OC)cc1. The second-order valence-corrected chi connectivity index (χ2v) is 5.34. The molecule has 1 N–H and O–H groups in total. The molecule has 0 aromatic heterocycles. The van der Waals surface area contributed by atoms with Gasteiger partial charge in [0, 0.05) is 16.6 Å². The van der Waals surface area contributed by atoms with Crippen LogP contribution in [0.2, 0.25) is 5.02 Å². The highest BCUT2D eigenvalue weighted by Crippen LogP contribution is 2.35. The first-order valence-corrected chi connectivity index (χ1v) is 7.06. The van der Waals surface area contributed by atoms with Crippen molar-refractivity contribution in [3.8, 4) is 16.9 Å². The van der Waals surface area contributed by atoms with Crippen LogP contribution in [-0.2, 0) is 0 Å². The van der Waals surface area contributed by atoms with Crippen LogP contribution in [0.5, 0.6) is 5.75 Å². The lowest BCUT2D eigenvalue weighted by molar-refractivity contribution is 0.416. The second kappa shape index (κ2) is 6.29. The van der Waals surface area contributed by atoms with Crippen molar-refractivity contribution >= 4 is 11.6 Å². The number of hydrogen-bond acceptors (Lipinski definition) is 2. The van der Waals surface area contributed by atoms with Gasteiger partial charge in [-0.05, 0) is 49.7 Å². The Morgan fingerprint density at radius 3 is 2.35 bits per heavy atom. The van der Waals surface area contributed by atoms with Crippen LogP contribution in [0.25, 0.3) is 11.1 Å². The van der Waals surface area contributed by atoms with Gasteiger partial charge in [0.2, 0.25) is 0 Å².